The smallest absolute Gasteiger partial charge is 0.274 e. The lowest BCUT2D eigenvalue weighted by molar-refractivity contribution is 0.0939. The molecular formula is C18H19ClN4O3. The van der Waals surface area contributed by atoms with E-state index in [4.69, 9.17) is 20.9 Å². The van der Waals surface area contributed by atoms with Crippen LogP contribution in [0.25, 0.3) is 0 Å². The standard InChI is InChI=1S/C18H19ClN4O3/c1-3-23-10-13(9-21-23)8-20-18(24)17-14(12(2)26-22-17)11-25-16-7-5-4-6-15(16)19/h4-7,9-10H,3,8,11H2,1-2H3,(H,20,24). The van der Waals surface area contributed by atoms with E-state index in [1.807, 2.05) is 25.3 Å². The second-order valence-electron chi connectivity index (χ2n) is 5.67. The maximum Gasteiger partial charge on any atom is 0.274 e. The van der Waals surface area contributed by atoms with Gasteiger partial charge in [0.1, 0.15) is 18.1 Å². The predicted octanol–water partition coefficient (Wildman–Crippen LogP) is 3.36. The van der Waals surface area contributed by atoms with E-state index in [2.05, 4.69) is 15.6 Å². The summed E-state index contributed by atoms with van der Waals surface area (Å²) >= 11 is 6.09. The van der Waals surface area contributed by atoms with Crippen molar-refractivity contribution in [1.82, 2.24) is 20.3 Å². The summed E-state index contributed by atoms with van der Waals surface area (Å²) in [6.45, 7) is 5.00. The third-order valence-corrected chi connectivity index (χ3v) is 4.18. The van der Waals surface area contributed by atoms with Crippen LogP contribution in [0.1, 0.15) is 34.3 Å². The van der Waals surface area contributed by atoms with Gasteiger partial charge in [-0.3, -0.25) is 9.48 Å². The van der Waals surface area contributed by atoms with Gasteiger partial charge in [0.2, 0.25) is 0 Å². The predicted molar refractivity (Wildman–Crippen MR) is 96.1 cm³/mol. The molecule has 0 atom stereocenters. The molecule has 0 radical (unpaired) electrons. The minimum atomic E-state index is -0.330. The van der Waals surface area contributed by atoms with Crippen molar-refractivity contribution >= 4 is 17.5 Å². The van der Waals surface area contributed by atoms with Crippen molar-refractivity contribution in [3.8, 4) is 5.75 Å². The zero-order valence-corrected chi connectivity index (χ0v) is 15.3. The monoisotopic (exact) mass is 374 g/mol. The van der Waals surface area contributed by atoms with Crippen molar-refractivity contribution in [3.05, 3.63) is 64.3 Å². The van der Waals surface area contributed by atoms with Crippen molar-refractivity contribution in [3.63, 3.8) is 0 Å². The molecule has 3 rings (SSSR count). The Kier molecular flexibility index (Phi) is 5.58. The Labute approximate surface area is 155 Å². The van der Waals surface area contributed by atoms with Gasteiger partial charge < -0.3 is 14.6 Å². The van der Waals surface area contributed by atoms with E-state index < -0.39 is 0 Å². The van der Waals surface area contributed by atoms with Crippen molar-refractivity contribution in [2.45, 2.75) is 33.5 Å². The molecule has 3 aromatic rings. The molecule has 1 N–H and O–H groups in total. The maximum absolute atomic E-state index is 12.5. The van der Waals surface area contributed by atoms with Crippen LogP contribution < -0.4 is 10.1 Å². The van der Waals surface area contributed by atoms with Gasteiger partial charge in [0, 0.05) is 24.8 Å². The molecule has 8 heteroatoms. The number of amides is 1. The number of rotatable bonds is 7. The molecule has 2 aromatic heterocycles. The van der Waals surface area contributed by atoms with Gasteiger partial charge in [-0.15, -0.1) is 0 Å². The van der Waals surface area contributed by atoms with Crippen LogP contribution in [0, 0.1) is 6.92 Å². The number of para-hydroxylation sites is 1. The van der Waals surface area contributed by atoms with Crippen LogP contribution in [0.4, 0.5) is 0 Å². The molecule has 0 saturated heterocycles. The number of aromatic nitrogens is 3. The number of nitrogens with one attached hydrogen (secondary N) is 1. The molecule has 0 saturated carbocycles. The summed E-state index contributed by atoms with van der Waals surface area (Å²) in [5, 5.41) is 11.4. The van der Waals surface area contributed by atoms with Crippen LogP contribution >= 0.6 is 11.6 Å². The molecule has 0 bridgehead atoms. The van der Waals surface area contributed by atoms with Crippen molar-refractivity contribution < 1.29 is 14.1 Å². The summed E-state index contributed by atoms with van der Waals surface area (Å²) in [6, 6.07) is 7.14. The van der Waals surface area contributed by atoms with Crippen LogP contribution in [0.2, 0.25) is 5.02 Å². The highest BCUT2D eigenvalue weighted by Crippen LogP contribution is 2.25. The second-order valence-corrected chi connectivity index (χ2v) is 6.08. The fraction of sp³-hybridized carbons (Fsp3) is 0.278. The Bertz CT molecular complexity index is 903. The van der Waals surface area contributed by atoms with Crippen molar-refractivity contribution in [2.24, 2.45) is 0 Å². The van der Waals surface area contributed by atoms with Gasteiger partial charge in [-0.25, -0.2) is 0 Å². The highest BCUT2D eigenvalue weighted by molar-refractivity contribution is 6.32. The summed E-state index contributed by atoms with van der Waals surface area (Å²) in [4.78, 5) is 12.5. The second kappa shape index (κ2) is 8.05. The number of carbonyl (C=O) groups is 1. The Morgan fingerprint density at radius 2 is 2.19 bits per heavy atom. The molecule has 0 spiro atoms. The van der Waals surface area contributed by atoms with Gasteiger partial charge in [-0.05, 0) is 26.0 Å². The largest absolute Gasteiger partial charge is 0.487 e. The number of hydrogen-bond donors (Lipinski definition) is 1. The van der Waals surface area contributed by atoms with Crippen LogP contribution in [0.3, 0.4) is 0 Å². The topological polar surface area (TPSA) is 82.2 Å². The van der Waals surface area contributed by atoms with Crippen molar-refractivity contribution in [1.29, 1.82) is 0 Å². The molecular weight excluding hydrogens is 356 g/mol. The zero-order chi connectivity index (χ0) is 18.5. The summed E-state index contributed by atoms with van der Waals surface area (Å²) in [5.74, 6) is 0.734. The number of carbonyl (C=O) groups excluding carboxylic acids is 1. The van der Waals surface area contributed by atoms with Gasteiger partial charge >= 0.3 is 0 Å². The average Bonchev–Trinajstić information content (AvgIpc) is 3.25. The summed E-state index contributed by atoms with van der Waals surface area (Å²) in [6.07, 6.45) is 3.61. The molecule has 26 heavy (non-hydrogen) atoms. The summed E-state index contributed by atoms with van der Waals surface area (Å²) in [7, 11) is 0. The molecule has 1 aromatic carbocycles. The molecule has 0 aliphatic heterocycles. The maximum atomic E-state index is 12.5. The number of aryl methyl sites for hydroxylation is 2. The van der Waals surface area contributed by atoms with Gasteiger partial charge in [0.05, 0.1) is 16.8 Å². The molecule has 0 aliphatic carbocycles. The molecule has 7 nitrogen and oxygen atoms in total. The van der Waals surface area contributed by atoms with E-state index in [1.54, 1.807) is 29.9 Å². The van der Waals surface area contributed by atoms with Crippen LogP contribution in [-0.4, -0.2) is 20.8 Å². The van der Waals surface area contributed by atoms with E-state index in [9.17, 15) is 4.79 Å². The van der Waals surface area contributed by atoms with Gasteiger partial charge in [-0.1, -0.05) is 28.9 Å². The van der Waals surface area contributed by atoms with E-state index >= 15 is 0 Å². The minimum Gasteiger partial charge on any atom is -0.487 e. The molecule has 136 valence electrons. The first-order valence-corrected chi connectivity index (χ1v) is 8.58. The fourth-order valence-electron chi connectivity index (χ4n) is 2.39. The van der Waals surface area contributed by atoms with Gasteiger partial charge in [0.15, 0.2) is 5.69 Å². The number of hydrogen-bond acceptors (Lipinski definition) is 5. The highest BCUT2D eigenvalue weighted by Gasteiger charge is 2.20. The number of halogens is 1. The molecule has 1 amide bonds. The normalized spacial score (nSPS) is 10.7. The van der Waals surface area contributed by atoms with E-state index in [1.165, 1.54) is 0 Å². The summed E-state index contributed by atoms with van der Waals surface area (Å²) < 4.78 is 12.7. The molecule has 2 heterocycles. The first-order chi connectivity index (χ1) is 12.6. The van der Waals surface area contributed by atoms with E-state index in [0.29, 0.717) is 28.6 Å². The first kappa shape index (κ1) is 18.0. The van der Waals surface area contributed by atoms with Crippen LogP contribution in [0.15, 0.2) is 41.2 Å². The van der Waals surface area contributed by atoms with Gasteiger partial charge in [0.25, 0.3) is 5.91 Å². The molecule has 0 fully saturated rings. The highest BCUT2D eigenvalue weighted by atomic mass is 35.5. The zero-order valence-electron chi connectivity index (χ0n) is 14.5. The number of nitrogens with zero attached hydrogens (tertiary/aromatic N) is 3. The third kappa shape index (κ3) is 4.05. The quantitative estimate of drug-likeness (QED) is 0.685. The van der Waals surface area contributed by atoms with Gasteiger partial charge in [-0.2, -0.15) is 5.10 Å². The lowest BCUT2D eigenvalue weighted by Crippen LogP contribution is -2.24. The summed E-state index contributed by atoms with van der Waals surface area (Å²) in [5.41, 5.74) is 1.71. The lowest BCUT2D eigenvalue weighted by Gasteiger charge is -2.08. The van der Waals surface area contributed by atoms with Crippen LogP contribution in [-0.2, 0) is 19.7 Å². The Morgan fingerprint density at radius 3 is 2.92 bits per heavy atom. The Morgan fingerprint density at radius 1 is 1.38 bits per heavy atom. The number of benzene rings is 1. The van der Waals surface area contributed by atoms with E-state index in [0.717, 1.165) is 12.1 Å². The Hall–Kier alpha value is -2.80. The minimum absolute atomic E-state index is 0.135. The first-order valence-electron chi connectivity index (χ1n) is 8.20. The molecule has 0 aliphatic rings. The number of ether oxygens (including phenoxy) is 1. The Balaban J connectivity index is 1.66. The SMILES string of the molecule is CCn1cc(CNC(=O)c2noc(C)c2COc2ccccc2Cl)cn1. The fourth-order valence-corrected chi connectivity index (χ4v) is 2.58. The van der Waals surface area contributed by atoms with Crippen LogP contribution in [0.5, 0.6) is 5.75 Å². The van der Waals surface area contributed by atoms with E-state index in [-0.39, 0.29) is 18.2 Å². The average molecular weight is 375 g/mol. The molecule has 0 unspecified atom stereocenters. The lowest BCUT2D eigenvalue weighted by atomic mass is 10.2. The van der Waals surface area contributed by atoms with Crippen molar-refractivity contribution in [2.75, 3.05) is 0 Å². The third-order valence-electron chi connectivity index (χ3n) is 3.87.